The van der Waals surface area contributed by atoms with Gasteiger partial charge in [0.1, 0.15) is 0 Å². The second-order valence-electron chi connectivity index (χ2n) is 3.29. The van der Waals surface area contributed by atoms with Crippen molar-refractivity contribution in [1.29, 1.82) is 5.41 Å². The summed E-state index contributed by atoms with van der Waals surface area (Å²) in [6.07, 6.45) is 0.748. The summed E-state index contributed by atoms with van der Waals surface area (Å²) in [5.41, 5.74) is 0. The molecular formula is C10H22N2O2. The van der Waals surface area contributed by atoms with E-state index in [9.17, 15) is 0 Å². The molecule has 0 aromatic heterocycles. The smallest absolute Gasteiger partial charge is 0.0958 e. The van der Waals surface area contributed by atoms with E-state index >= 15 is 0 Å². The third-order valence-electron chi connectivity index (χ3n) is 2.16. The number of amidine groups is 1. The molecule has 0 heterocycles. The zero-order valence-electron chi connectivity index (χ0n) is 9.67. The highest BCUT2D eigenvalue weighted by molar-refractivity contribution is 5.79. The van der Waals surface area contributed by atoms with Crippen molar-refractivity contribution in [3.63, 3.8) is 0 Å². The molecule has 84 valence electrons. The second kappa shape index (κ2) is 7.76. The maximum absolute atomic E-state index is 7.80. The molecule has 0 rings (SSSR count). The Labute approximate surface area is 86.7 Å². The summed E-state index contributed by atoms with van der Waals surface area (Å²) in [4.78, 5) is 2.02. The first kappa shape index (κ1) is 13.4. The van der Waals surface area contributed by atoms with Crippen molar-refractivity contribution < 1.29 is 9.47 Å². The molecule has 14 heavy (non-hydrogen) atoms. The van der Waals surface area contributed by atoms with Crippen LogP contribution in [0.3, 0.4) is 0 Å². The summed E-state index contributed by atoms with van der Waals surface area (Å²) in [6, 6.07) is 0.239. The molecule has 0 saturated carbocycles. The van der Waals surface area contributed by atoms with Gasteiger partial charge in [-0.05, 0) is 6.92 Å². The predicted molar refractivity (Wildman–Crippen MR) is 57.9 cm³/mol. The summed E-state index contributed by atoms with van der Waals surface area (Å²) in [7, 11) is 3.36. The first-order valence-electron chi connectivity index (χ1n) is 4.99. The SMILES string of the molecule is CCC(=N)N(CCOC)C(C)COC. The number of hydrogen-bond donors (Lipinski definition) is 1. The number of nitrogens with zero attached hydrogens (tertiary/aromatic N) is 1. The zero-order valence-corrected chi connectivity index (χ0v) is 9.67. The predicted octanol–water partition coefficient (Wildman–Crippen LogP) is 1.36. The standard InChI is InChI=1S/C10H22N2O2/c1-5-10(11)12(6-7-13-3)9(2)8-14-4/h9,11H,5-8H2,1-4H3. The Morgan fingerprint density at radius 2 is 2.00 bits per heavy atom. The Hall–Kier alpha value is -0.610. The summed E-state index contributed by atoms with van der Waals surface area (Å²) in [5.74, 6) is 0.645. The van der Waals surface area contributed by atoms with Gasteiger partial charge in [0.2, 0.25) is 0 Å². The molecule has 0 saturated heterocycles. The van der Waals surface area contributed by atoms with Gasteiger partial charge >= 0.3 is 0 Å². The van der Waals surface area contributed by atoms with Crippen LogP contribution in [0.5, 0.6) is 0 Å². The van der Waals surface area contributed by atoms with Crippen LogP contribution < -0.4 is 0 Å². The molecule has 4 heteroatoms. The van der Waals surface area contributed by atoms with Gasteiger partial charge in [-0.2, -0.15) is 0 Å². The van der Waals surface area contributed by atoms with Crippen molar-refractivity contribution in [2.45, 2.75) is 26.3 Å². The van der Waals surface area contributed by atoms with E-state index in [4.69, 9.17) is 14.9 Å². The lowest BCUT2D eigenvalue weighted by molar-refractivity contribution is 0.112. The normalized spacial score (nSPS) is 12.6. The fraction of sp³-hybridized carbons (Fsp3) is 0.900. The molecule has 0 spiro atoms. The molecule has 1 unspecified atom stereocenters. The summed E-state index contributed by atoms with van der Waals surface area (Å²) in [5, 5.41) is 7.80. The van der Waals surface area contributed by atoms with Crippen LogP contribution in [0.1, 0.15) is 20.3 Å². The van der Waals surface area contributed by atoms with E-state index in [1.165, 1.54) is 0 Å². The molecule has 0 aliphatic carbocycles. The number of nitrogens with one attached hydrogen (secondary N) is 1. The third-order valence-corrected chi connectivity index (χ3v) is 2.16. The molecule has 0 fully saturated rings. The van der Waals surface area contributed by atoms with Gasteiger partial charge in [0, 0.05) is 27.2 Å². The van der Waals surface area contributed by atoms with Gasteiger partial charge in [0.25, 0.3) is 0 Å². The van der Waals surface area contributed by atoms with E-state index in [0.29, 0.717) is 19.0 Å². The van der Waals surface area contributed by atoms with Gasteiger partial charge in [-0.1, -0.05) is 6.92 Å². The topological polar surface area (TPSA) is 45.6 Å². The Kier molecular flexibility index (Phi) is 7.42. The van der Waals surface area contributed by atoms with Gasteiger partial charge in [-0.15, -0.1) is 0 Å². The number of hydrogen-bond acceptors (Lipinski definition) is 3. The highest BCUT2D eigenvalue weighted by atomic mass is 16.5. The molecule has 0 aliphatic rings. The Balaban J connectivity index is 4.14. The van der Waals surface area contributed by atoms with E-state index in [1.54, 1.807) is 14.2 Å². The molecule has 0 bridgehead atoms. The second-order valence-corrected chi connectivity index (χ2v) is 3.29. The molecule has 1 N–H and O–H groups in total. The number of rotatable bonds is 7. The monoisotopic (exact) mass is 202 g/mol. The lowest BCUT2D eigenvalue weighted by Crippen LogP contribution is -2.42. The fourth-order valence-electron chi connectivity index (χ4n) is 1.35. The largest absolute Gasteiger partial charge is 0.383 e. The molecule has 0 amide bonds. The van der Waals surface area contributed by atoms with Crippen molar-refractivity contribution in [2.24, 2.45) is 0 Å². The molecule has 1 atom stereocenters. The number of methoxy groups -OCH3 is 2. The summed E-state index contributed by atoms with van der Waals surface area (Å²) >= 11 is 0. The minimum absolute atomic E-state index is 0.239. The van der Waals surface area contributed by atoms with Crippen LogP contribution in [0, 0.1) is 5.41 Å². The van der Waals surface area contributed by atoms with Crippen molar-refractivity contribution in [3.8, 4) is 0 Å². The average Bonchev–Trinajstić information content (AvgIpc) is 2.18. The van der Waals surface area contributed by atoms with Gasteiger partial charge in [0.05, 0.1) is 25.1 Å². The van der Waals surface area contributed by atoms with E-state index < -0.39 is 0 Å². The molecule has 0 aromatic carbocycles. The van der Waals surface area contributed by atoms with Crippen molar-refractivity contribution in [1.82, 2.24) is 4.90 Å². The van der Waals surface area contributed by atoms with Crippen LogP contribution in [-0.2, 0) is 9.47 Å². The Morgan fingerprint density at radius 1 is 1.36 bits per heavy atom. The van der Waals surface area contributed by atoms with Crippen molar-refractivity contribution in [2.75, 3.05) is 34.0 Å². The maximum Gasteiger partial charge on any atom is 0.0958 e. The molecule has 0 aromatic rings. The molecule has 0 aliphatic heterocycles. The lowest BCUT2D eigenvalue weighted by atomic mass is 10.2. The number of ether oxygens (including phenoxy) is 2. The summed E-state index contributed by atoms with van der Waals surface area (Å²) in [6.45, 7) is 6.10. The minimum atomic E-state index is 0.239. The van der Waals surface area contributed by atoms with Crippen LogP contribution in [0.15, 0.2) is 0 Å². The fourth-order valence-corrected chi connectivity index (χ4v) is 1.35. The van der Waals surface area contributed by atoms with E-state index in [0.717, 1.165) is 13.0 Å². The van der Waals surface area contributed by atoms with Gasteiger partial charge < -0.3 is 14.4 Å². The van der Waals surface area contributed by atoms with E-state index in [2.05, 4.69) is 6.92 Å². The third kappa shape index (κ3) is 4.58. The Morgan fingerprint density at radius 3 is 2.43 bits per heavy atom. The van der Waals surface area contributed by atoms with Gasteiger partial charge in [-0.25, -0.2) is 0 Å². The van der Waals surface area contributed by atoms with Crippen LogP contribution >= 0.6 is 0 Å². The minimum Gasteiger partial charge on any atom is -0.383 e. The summed E-state index contributed by atoms with van der Waals surface area (Å²) < 4.78 is 10.1. The van der Waals surface area contributed by atoms with Gasteiger partial charge in [0.15, 0.2) is 0 Å². The van der Waals surface area contributed by atoms with Crippen LogP contribution in [0.4, 0.5) is 0 Å². The molecule has 4 nitrogen and oxygen atoms in total. The highest BCUT2D eigenvalue weighted by Gasteiger charge is 2.15. The van der Waals surface area contributed by atoms with Crippen molar-refractivity contribution in [3.05, 3.63) is 0 Å². The first-order valence-corrected chi connectivity index (χ1v) is 4.99. The average molecular weight is 202 g/mol. The Bertz CT molecular complexity index is 162. The van der Waals surface area contributed by atoms with E-state index in [-0.39, 0.29) is 6.04 Å². The first-order chi connectivity index (χ1) is 6.67. The zero-order chi connectivity index (χ0) is 11.0. The van der Waals surface area contributed by atoms with Gasteiger partial charge in [-0.3, -0.25) is 5.41 Å². The lowest BCUT2D eigenvalue weighted by Gasteiger charge is -2.30. The molecular weight excluding hydrogens is 180 g/mol. The van der Waals surface area contributed by atoms with Crippen LogP contribution in [-0.4, -0.2) is 50.8 Å². The van der Waals surface area contributed by atoms with Crippen molar-refractivity contribution >= 4 is 5.84 Å². The maximum atomic E-state index is 7.80. The van der Waals surface area contributed by atoms with Crippen LogP contribution in [0.25, 0.3) is 0 Å². The van der Waals surface area contributed by atoms with E-state index in [1.807, 2.05) is 11.8 Å². The highest BCUT2D eigenvalue weighted by Crippen LogP contribution is 2.03. The molecule has 0 radical (unpaired) electrons. The van der Waals surface area contributed by atoms with Crippen LogP contribution in [0.2, 0.25) is 0 Å². The quantitative estimate of drug-likeness (QED) is 0.501.